The summed E-state index contributed by atoms with van der Waals surface area (Å²) in [7, 11) is 1.81. The van der Waals surface area contributed by atoms with Gasteiger partial charge in [0, 0.05) is 49.5 Å². The number of aromatic nitrogens is 3. The second-order valence-corrected chi connectivity index (χ2v) is 7.18. The van der Waals surface area contributed by atoms with Crippen LogP contribution >= 0.6 is 11.8 Å². The summed E-state index contributed by atoms with van der Waals surface area (Å²) >= 11 is 2.05. The molecule has 1 unspecified atom stereocenters. The van der Waals surface area contributed by atoms with Gasteiger partial charge in [0.1, 0.15) is 11.6 Å². The number of pyridine rings is 1. The minimum Gasteiger partial charge on any atom is -0.355 e. The molecule has 0 amide bonds. The van der Waals surface area contributed by atoms with Crippen LogP contribution in [0.15, 0.2) is 35.7 Å². The number of nitrogens with one attached hydrogen (secondary N) is 2. The molecule has 1 saturated heterocycles. The van der Waals surface area contributed by atoms with Crippen molar-refractivity contribution in [3.05, 3.63) is 42.1 Å². The molecule has 1 aliphatic rings. The van der Waals surface area contributed by atoms with E-state index in [9.17, 15) is 0 Å². The van der Waals surface area contributed by atoms with E-state index in [1.807, 2.05) is 41.7 Å². The maximum atomic E-state index is 4.51. The number of hydrogen-bond donors (Lipinski definition) is 2. The van der Waals surface area contributed by atoms with Gasteiger partial charge >= 0.3 is 0 Å². The van der Waals surface area contributed by atoms with Gasteiger partial charge in [-0.2, -0.15) is 11.8 Å². The lowest BCUT2D eigenvalue weighted by Crippen LogP contribution is -2.39. The first kappa shape index (κ1) is 16.8. The Kier molecular flexibility index (Phi) is 5.74. The van der Waals surface area contributed by atoms with Gasteiger partial charge in [0.15, 0.2) is 5.96 Å². The van der Waals surface area contributed by atoms with Crippen LogP contribution in [0.25, 0.3) is 5.82 Å². The van der Waals surface area contributed by atoms with Gasteiger partial charge < -0.3 is 10.6 Å². The van der Waals surface area contributed by atoms with Crippen molar-refractivity contribution in [2.24, 2.45) is 4.99 Å². The molecule has 128 valence electrons. The van der Waals surface area contributed by atoms with Gasteiger partial charge in [0.25, 0.3) is 0 Å². The van der Waals surface area contributed by atoms with Crippen molar-refractivity contribution in [1.82, 2.24) is 25.2 Å². The molecule has 1 atom stereocenters. The van der Waals surface area contributed by atoms with Crippen LogP contribution in [0.1, 0.15) is 24.2 Å². The Morgan fingerprint density at radius 3 is 3.00 bits per heavy atom. The fourth-order valence-electron chi connectivity index (χ4n) is 2.80. The van der Waals surface area contributed by atoms with Crippen molar-refractivity contribution < 1.29 is 0 Å². The number of aryl methyl sites for hydroxylation is 1. The summed E-state index contributed by atoms with van der Waals surface area (Å²) in [6, 6.07) is 4.03. The minimum atomic E-state index is 0.665. The maximum Gasteiger partial charge on any atom is 0.191 e. The van der Waals surface area contributed by atoms with Gasteiger partial charge in [-0.1, -0.05) is 6.07 Å². The fraction of sp³-hybridized carbons (Fsp3) is 0.471. The summed E-state index contributed by atoms with van der Waals surface area (Å²) in [6.45, 7) is 3.61. The molecular weight excluding hydrogens is 320 g/mol. The quantitative estimate of drug-likeness (QED) is 0.642. The van der Waals surface area contributed by atoms with Crippen molar-refractivity contribution in [3.63, 3.8) is 0 Å². The van der Waals surface area contributed by atoms with E-state index in [-0.39, 0.29) is 0 Å². The molecule has 1 aliphatic heterocycles. The zero-order valence-electron chi connectivity index (χ0n) is 14.2. The first-order chi connectivity index (χ1) is 11.8. The predicted molar refractivity (Wildman–Crippen MR) is 99.8 cm³/mol. The third-order valence-electron chi connectivity index (χ3n) is 4.11. The molecule has 24 heavy (non-hydrogen) atoms. The molecule has 3 heterocycles. The molecule has 0 bridgehead atoms. The van der Waals surface area contributed by atoms with Gasteiger partial charge in [-0.05, 0) is 31.6 Å². The smallest absolute Gasteiger partial charge is 0.191 e. The van der Waals surface area contributed by atoms with Crippen LogP contribution < -0.4 is 10.6 Å². The zero-order valence-corrected chi connectivity index (χ0v) is 15.0. The van der Waals surface area contributed by atoms with Crippen molar-refractivity contribution in [2.75, 3.05) is 19.3 Å². The van der Waals surface area contributed by atoms with E-state index in [1.54, 1.807) is 13.2 Å². The number of hydrogen-bond acceptors (Lipinski definition) is 4. The van der Waals surface area contributed by atoms with Crippen LogP contribution in [0.3, 0.4) is 0 Å². The van der Waals surface area contributed by atoms with E-state index in [0.29, 0.717) is 11.8 Å². The van der Waals surface area contributed by atoms with Gasteiger partial charge in [0.05, 0.1) is 0 Å². The summed E-state index contributed by atoms with van der Waals surface area (Å²) < 4.78 is 2.00. The summed E-state index contributed by atoms with van der Waals surface area (Å²) in [4.78, 5) is 13.1. The second-order valence-electron chi connectivity index (χ2n) is 5.77. The predicted octanol–water partition coefficient (Wildman–Crippen LogP) is 2.14. The van der Waals surface area contributed by atoms with Gasteiger partial charge in [-0.15, -0.1) is 0 Å². The number of aliphatic imine (C=N–C) groups is 1. The number of thioether (sulfide) groups is 1. The first-order valence-electron chi connectivity index (χ1n) is 8.28. The van der Waals surface area contributed by atoms with Crippen LogP contribution in [-0.4, -0.2) is 45.1 Å². The Bertz CT molecular complexity index is 690. The molecular formula is C17H24N6S. The maximum absolute atomic E-state index is 4.51. The third kappa shape index (κ3) is 4.08. The highest BCUT2D eigenvalue weighted by molar-refractivity contribution is 8.00. The largest absolute Gasteiger partial charge is 0.355 e. The normalized spacial score (nSPS) is 17.9. The monoisotopic (exact) mass is 344 g/mol. The lowest BCUT2D eigenvalue weighted by Gasteiger charge is -2.16. The standard InChI is InChI=1S/C17H24N6S/c1-13-19-8-9-23(13)16-14(5-3-7-20-16)11-21-17(18-2)22-12-15-6-4-10-24-15/h3,5,7-9,15H,4,6,10-12H2,1-2H3,(H2,18,21,22). The number of guanidine groups is 1. The highest BCUT2D eigenvalue weighted by Crippen LogP contribution is 2.25. The van der Waals surface area contributed by atoms with Crippen LogP contribution in [-0.2, 0) is 6.54 Å². The summed E-state index contributed by atoms with van der Waals surface area (Å²) in [6.07, 6.45) is 8.16. The summed E-state index contributed by atoms with van der Waals surface area (Å²) in [5.74, 6) is 3.94. The lowest BCUT2D eigenvalue weighted by atomic mass is 10.2. The molecule has 6 nitrogen and oxygen atoms in total. The van der Waals surface area contributed by atoms with Gasteiger partial charge in [-0.3, -0.25) is 9.56 Å². The Labute approximate surface area is 147 Å². The molecule has 2 N–H and O–H groups in total. The summed E-state index contributed by atoms with van der Waals surface area (Å²) in [5, 5.41) is 7.51. The SMILES string of the molecule is CN=C(NCc1cccnc1-n1ccnc1C)NCC1CCCS1. The third-order valence-corrected chi connectivity index (χ3v) is 5.51. The number of nitrogens with zero attached hydrogens (tertiary/aromatic N) is 4. The van der Waals surface area contributed by atoms with E-state index < -0.39 is 0 Å². The fourth-order valence-corrected chi connectivity index (χ4v) is 4.00. The van der Waals surface area contributed by atoms with Gasteiger partial charge in [0.2, 0.25) is 0 Å². The Hall–Kier alpha value is -2.02. The molecule has 3 rings (SSSR count). The van der Waals surface area contributed by atoms with Crippen LogP contribution in [0, 0.1) is 6.92 Å². The molecule has 2 aromatic rings. The average Bonchev–Trinajstić information content (AvgIpc) is 3.27. The molecule has 2 aromatic heterocycles. The number of rotatable bonds is 5. The van der Waals surface area contributed by atoms with E-state index in [1.165, 1.54) is 18.6 Å². The molecule has 0 aliphatic carbocycles. The van der Waals surface area contributed by atoms with E-state index >= 15 is 0 Å². The molecule has 7 heteroatoms. The molecule has 0 spiro atoms. The average molecular weight is 344 g/mol. The van der Waals surface area contributed by atoms with E-state index in [4.69, 9.17) is 0 Å². The minimum absolute atomic E-state index is 0.665. The molecule has 0 saturated carbocycles. The van der Waals surface area contributed by atoms with Crippen molar-refractivity contribution in [2.45, 2.75) is 31.6 Å². The molecule has 1 fully saturated rings. The zero-order chi connectivity index (χ0) is 16.8. The van der Waals surface area contributed by atoms with Crippen molar-refractivity contribution in [1.29, 1.82) is 0 Å². The van der Waals surface area contributed by atoms with Gasteiger partial charge in [-0.25, -0.2) is 9.97 Å². The Balaban J connectivity index is 1.62. The van der Waals surface area contributed by atoms with Crippen molar-refractivity contribution >= 4 is 17.7 Å². The Morgan fingerprint density at radius 1 is 1.38 bits per heavy atom. The lowest BCUT2D eigenvalue weighted by molar-refractivity contribution is 0.724. The molecule has 0 radical (unpaired) electrons. The topological polar surface area (TPSA) is 67.1 Å². The molecule has 0 aromatic carbocycles. The first-order valence-corrected chi connectivity index (χ1v) is 9.33. The van der Waals surface area contributed by atoms with Crippen LogP contribution in [0.5, 0.6) is 0 Å². The highest BCUT2D eigenvalue weighted by atomic mass is 32.2. The van der Waals surface area contributed by atoms with Crippen LogP contribution in [0.2, 0.25) is 0 Å². The van der Waals surface area contributed by atoms with E-state index in [2.05, 4.69) is 31.7 Å². The second kappa shape index (κ2) is 8.19. The Morgan fingerprint density at radius 2 is 2.29 bits per heavy atom. The summed E-state index contributed by atoms with van der Waals surface area (Å²) in [5.41, 5.74) is 1.11. The van der Waals surface area contributed by atoms with Crippen LogP contribution in [0.4, 0.5) is 0 Å². The highest BCUT2D eigenvalue weighted by Gasteiger charge is 2.15. The van der Waals surface area contributed by atoms with E-state index in [0.717, 1.165) is 29.7 Å². The van der Waals surface area contributed by atoms with Crippen molar-refractivity contribution in [3.8, 4) is 5.82 Å². The number of imidazole rings is 1.